The SMILES string of the molecule is CC(C)(Cc1cc(Br)c2c(c1)OCC1(CC1)CO2)C(=O)O. The van der Waals surface area contributed by atoms with Crippen LogP contribution in [0.3, 0.4) is 0 Å². The average molecular weight is 355 g/mol. The van der Waals surface area contributed by atoms with Crippen LogP contribution >= 0.6 is 15.9 Å². The first-order chi connectivity index (χ1) is 9.81. The molecule has 0 saturated heterocycles. The van der Waals surface area contributed by atoms with Crippen LogP contribution in [0.1, 0.15) is 32.3 Å². The zero-order chi connectivity index (χ0) is 15.3. The molecule has 1 aromatic rings. The number of carbonyl (C=O) groups is 1. The van der Waals surface area contributed by atoms with Crippen molar-refractivity contribution >= 4 is 21.9 Å². The fraction of sp³-hybridized carbons (Fsp3) is 0.562. The smallest absolute Gasteiger partial charge is 0.309 e. The van der Waals surface area contributed by atoms with Gasteiger partial charge in [-0.2, -0.15) is 0 Å². The molecule has 0 aromatic heterocycles. The molecule has 114 valence electrons. The Morgan fingerprint density at radius 3 is 2.62 bits per heavy atom. The van der Waals surface area contributed by atoms with Crippen LogP contribution in [0.2, 0.25) is 0 Å². The number of carboxylic acid groups (broad SMARTS) is 1. The maximum absolute atomic E-state index is 11.3. The Kier molecular flexibility index (Phi) is 3.43. The molecule has 0 radical (unpaired) electrons. The number of hydrogen-bond donors (Lipinski definition) is 1. The van der Waals surface area contributed by atoms with Gasteiger partial charge in [0, 0.05) is 5.41 Å². The van der Waals surface area contributed by atoms with Crippen LogP contribution in [0, 0.1) is 10.8 Å². The van der Waals surface area contributed by atoms with Gasteiger partial charge in [0.1, 0.15) is 0 Å². The Morgan fingerprint density at radius 1 is 1.33 bits per heavy atom. The van der Waals surface area contributed by atoms with E-state index in [1.807, 2.05) is 12.1 Å². The minimum atomic E-state index is -0.809. The molecule has 21 heavy (non-hydrogen) atoms. The summed E-state index contributed by atoms with van der Waals surface area (Å²) in [4.78, 5) is 11.3. The molecular formula is C16H19BrO4. The number of halogens is 1. The molecule has 0 atom stereocenters. The molecule has 2 aliphatic rings. The van der Waals surface area contributed by atoms with Crippen molar-refractivity contribution in [1.82, 2.24) is 0 Å². The lowest BCUT2D eigenvalue weighted by Crippen LogP contribution is -2.26. The maximum Gasteiger partial charge on any atom is 0.309 e. The van der Waals surface area contributed by atoms with Crippen molar-refractivity contribution in [3.05, 3.63) is 22.2 Å². The number of carboxylic acids is 1. The van der Waals surface area contributed by atoms with Gasteiger partial charge in [-0.3, -0.25) is 4.79 Å². The van der Waals surface area contributed by atoms with Crippen LogP contribution < -0.4 is 9.47 Å². The van der Waals surface area contributed by atoms with E-state index in [0.29, 0.717) is 25.4 Å². The van der Waals surface area contributed by atoms with E-state index in [1.54, 1.807) is 13.8 Å². The van der Waals surface area contributed by atoms with Gasteiger partial charge < -0.3 is 14.6 Å². The first kappa shape index (κ1) is 14.7. The number of aliphatic carboxylic acids is 1. The minimum absolute atomic E-state index is 0.193. The summed E-state index contributed by atoms with van der Waals surface area (Å²) in [5.74, 6) is 0.641. The number of ether oxygens (including phenoxy) is 2. The minimum Gasteiger partial charge on any atom is -0.489 e. The van der Waals surface area contributed by atoms with E-state index < -0.39 is 11.4 Å². The lowest BCUT2D eigenvalue weighted by Gasteiger charge is -2.20. The van der Waals surface area contributed by atoms with Gasteiger partial charge in [0.25, 0.3) is 0 Å². The van der Waals surface area contributed by atoms with Crippen molar-refractivity contribution < 1.29 is 19.4 Å². The maximum atomic E-state index is 11.3. The summed E-state index contributed by atoms with van der Waals surface area (Å²) >= 11 is 3.52. The normalized spacial score (nSPS) is 19.2. The Morgan fingerprint density at radius 2 is 2.00 bits per heavy atom. The topological polar surface area (TPSA) is 55.8 Å². The van der Waals surface area contributed by atoms with Gasteiger partial charge >= 0.3 is 5.97 Å². The molecule has 0 bridgehead atoms. The van der Waals surface area contributed by atoms with Gasteiger partial charge in [0.15, 0.2) is 11.5 Å². The van der Waals surface area contributed by atoms with E-state index in [-0.39, 0.29) is 5.41 Å². The highest BCUT2D eigenvalue weighted by Gasteiger charge is 2.46. The fourth-order valence-electron chi connectivity index (χ4n) is 2.52. The summed E-state index contributed by atoms with van der Waals surface area (Å²) in [6, 6.07) is 3.84. The van der Waals surface area contributed by atoms with E-state index in [9.17, 15) is 9.90 Å². The molecule has 4 nitrogen and oxygen atoms in total. The monoisotopic (exact) mass is 354 g/mol. The van der Waals surface area contributed by atoms with E-state index >= 15 is 0 Å². The average Bonchev–Trinajstić information content (AvgIpc) is 3.17. The van der Waals surface area contributed by atoms with Gasteiger partial charge in [0.2, 0.25) is 0 Å². The number of fused-ring (bicyclic) bond motifs is 1. The summed E-state index contributed by atoms with van der Waals surface area (Å²) in [5, 5.41) is 9.26. The second kappa shape index (κ2) is 4.90. The zero-order valence-corrected chi connectivity index (χ0v) is 13.8. The Hall–Kier alpha value is -1.23. The first-order valence-electron chi connectivity index (χ1n) is 7.13. The van der Waals surface area contributed by atoms with E-state index in [2.05, 4.69) is 15.9 Å². The molecule has 3 rings (SSSR count). The van der Waals surface area contributed by atoms with Crippen LogP contribution in [0.4, 0.5) is 0 Å². The molecule has 0 unspecified atom stereocenters. The Labute approximate surface area is 132 Å². The van der Waals surface area contributed by atoms with Gasteiger partial charge in [-0.05, 0) is 66.7 Å². The number of rotatable bonds is 3. The van der Waals surface area contributed by atoms with Crippen LogP contribution in [-0.2, 0) is 11.2 Å². The lowest BCUT2D eigenvalue weighted by atomic mass is 9.86. The largest absolute Gasteiger partial charge is 0.489 e. The summed E-state index contributed by atoms with van der Waals surface area (Å²) in [5.41, 5.74) is 0.319. The van der Waals surface area contributed by atoms with Gasteiger partial charge in [-0.1, -0.05) is 0 Å². The lowest BCUT2D eigenvalue weighted by molar-refractivity contribution is -0.146. The number of benzene rings is 1. The molecule has 1 spiro atoms. The number of hydrogen-bond acceptors (Lipinski definition) is 3. The molecule has 0 amide bonds. The molecule has 1 fully saturated rings. The van der Waals surface area contributed by atoms with Crippen molar-refractivity contribution in [3.8, 4) is 11.5 Å². The van der Waals surface area contributed by atoms with Crippen molar-refractivity contribution in [2.45, 2.75) is 33.1 Å². The highest BCUT2D eigenvalue weighted by atomic mass is 79.9. The molecule has 1 N–H and O–H groups in total. The molecule has 1 aliphatic heterocycles. The fourth-order valence-corrected chi connectivity index (χ4v) is 3.12. The van der Waals surface area contributed by atoms with Crippen LogP contribution in [0.25, 0.3) is 0 Å². The molecular weight excluding hydrogens is 336 g/mol. The third-order valence-electron chi connectivity index (χ3n) is 4.31. The van der Waals surface area contributed by atoms with Crippen molar-refractivity contribution in [2.75, 3.05) is 13.2 Å². The van der Waals surface area contributed by atoms with Crippen molar-refractivity contribution in [1.29, 1.82) is 0 Å². The van der Waals surface area contributed by atoms with Crippen LogP contribution in [-0.4, -0.2) is 24.3 Å². The molecule has 1 aromatic carbocycles. The van der Waals surface area contributed by atoms with Gasteiger partial charge in [-0.15, -0.1) is 0 Å². The third kappa shape index (κ3) is 2.89. The molecule has 1 saturated carbocycles. The molecule has 5 heteroatoms. The highest BCUT2D eigenvalue weighted by molar-refractivity contribution is 9.10. The van der Waals surface area contributed by atoms with Gasteiger partial charge in [0.05, 0.1) is 23.1 Å². The summed E-state index contributed by atoms with van der Waals surface area (Å²) < 4.78 is 12.6. The summed E-state index contributed by atoms with van der Waals surface area (Å²) in [6.07, 6.45) is 2.75. The van der Waals surface area contributed by atoms with Crippen LogP contribution in [0.5, 0.6) is 11.5 Å². The standard InChI is InChI=1S/C16H19BrO4/c1-15(2,14(18)19)7-10-5-11(17)13-12(6-10)20-8-16(3-4-16)9-21-13/h5-6H,3-4,7-9H2,1-2H3,(H,18,19). The quantitative estimate of drug-likeness (QED) is 0.899. The van der Waals surface area contributed by atoms with Crippen LogP contribution in [0.15, 0.2) is 16.6 Å². The predicted molar refractivity (Wildman–Crippen MR) is 81.9 cm³/mol. The Bertz CT molecular complexity index is 590. The van der Waals surface area contributed by atoms with E-state index in [4.69, 9.17) is 9.47 Å². The van der Waals surface area contributed by atoms with Crippen molar-refractivity contribution in [3.63, 3.8) is 0 Å². The first-order valence-corrected chi connectivity index (χ1v) is 7.92. The summed E-state index contributed by atoms with van der Waals surface area (Å²) in [6.45, 7) is 4.83. The van der Waals surface area contributed by atoms with Crippen molar-refractivity contribution in [2.24, 2.45) is 10.8 Å². The third-order valence-corrected chi connectivity index (χ3v) is 4.90. The molecule has 1 aliphatic carbocycles. The van der Waals surface area contributed by atoms with E-state index in [1.165, 1.54) is 0 Å². The highest BCUT2D eigenvalue weighted by Crippen LogP contribution is 2.50. The zero-order valence-electron chi connectivity index (χ0n) is 12.2. The predicted octanol–water partition coefficient (Wildman–Crippen LogP) is 3.65. The Balaban J connectivity index is 1.87. The van der Waals surface area contributed by atoms with E-state index in [0.717, 1.165) is 28.6 Å². The molecule has 1 heterocycles. The second-order valence-corrected chi connectivity index (χ2v) is 7.70. The van der Waals surface area contributed by atoms with Gasteiger partial charge in [-0.25, -0.2) is 0 Å². The summed E-state index contributed by atoms with van der Waals surface area (Å²) in [7, 11) is 0. The second-order valence-electron chi connectivity index (χ2n) is 6.85.